The van der Waals surface area contributed by atoms with Crippen molar-refractivity contribution < 1.29 is 22.7 Å². The molecule has 0 unspecified atom stereocenters. The summed E-state index contributed by atoms with van der Waals surface area (Å²) in [7, 11) is 0.829. The second kappa shape index (κ2) is 3.71. The molecule has 2 N–H and O–H groups in total. The molecule has 2 rings (SSSR count). The highest BCUT2D eigenvalue weighted by Gasteiger charge is 2.18. The zero-order valence-electron chi connectivity index (χ0n) is 8.07. The summed E-state index contributed by atoms with van der Waals surface area (Å²) in [6, 6.07) is 3.07. The minimum Gasteiger partial charge on any atom is -0.477 e. The molecule has 0 spiro atoms. The molecule has 0 saturated heterocycles. The number of fused-ring (bicyclic) bond motifs is 1. The molecular weight excluding hydrogens is 273 g/mol. The normalized spacial score (nSPS) is 11.9. The minimum atomic E-state index is -4.21. The molecule has 0 bridgehead atoms. The molecule has 0 aliphatic heterocycles. The molecule has 0 saturated carbocycles. The van der Waals surface area contributed by atoms with Gasteiger partial charge in [-0.15, -0.1) is 0 Å². The molecule has 0 radical (unpaired) electrons. The molecule has 2 aromatic rings. The van der Waals surface area contributed by atoms with E-state index in [0.717, 1.165) is 12.1 Å². The lowest BCUT2D eigenvalue weighted by molar-refractivity contribution is 0.0691. The van der Waals surface area contributed by atoms with Crippen LogP contribution in [0.3, 0.4) is 0 Å². The van der Waals surface area contributed by atoms with Gasteiger partial charge in [0.2, 0.25) is 0 Å². The monoisotopic (exact) mass is 277 g/mol. The zero-order valence-corrected chi connectivity index (χ0v) is 9.64. The molecule has 8 heteroatoms. The molecule has 1 aromatic heterocycles. The number of carbonyl (C=O) groups is 1. The molecule has 1 aromatic carbocycles. The fourth-order valence-corrected chi connectivity index (χ4v) is 2.34. The van der Waals surface area contributed by atoms with Crippen molar-refractivity contribution in [1.82, 2.24) is 4.98 Å². The Bertz CT molecular complexity index is 722. The van der Waals surface area contributed by atoms with Crippen molar-refractivity contribution >= 4 is 36.6 Å². The fraction of sp³-hybridized carbons (Fsp3) is 0. The van der Waals surface area contributed by atoms with Crippen LogP contribution in [0.15, 0.2) is 23.1 Å². The van der Waals surface area contributed by atoms with Crippen molar-refractivity contribution in [2.24, 2.45) is 0 Å². The first-order valence-corrected chi connectivity index (χ1v) is 6.60. The number of aromatic amines is 1. The van der Waals surface area contributed by atoms with Crippen LogP contribution in [0.1, 0.15) is 10.5 Å². The maximum atomic E-state index is 13.4. The third-order valence-corrected chi connectivity index (χ3v) is 3.50. The molecule has 5 nitrogen and oxygen atoms in total. The summed E-state index contributed by atoms with van der Waals surface area (Å²) in [6.45, 7) is 0. The van der Waals surface area contributed by atoms with Crippen LogP contribution < -0.4 is 0 Å². The van der Waals surface area contributed by atoms with E-state index in [1.807, 2.05) is 0 Å². The summed E-state index contributed by atoms with van der Waals surface area (Å²) in [5.41, 5.74) is 0.0199. The highest BCUT2D eigenvalue weighted by Crippen LogP contribution is 2.25. The van der Waals surface area contributed by atoms with E-state index in [1.165, 1.54) is 6.07 Å². The number of rotatable bonds is 2. The lowest BCUT2D eigenvalue weighted by Gasteiger charge is -1.98. The number of aromatic carboxylic acids is 1. The van der Waals surface area contributed by atoms with Gasteiger partial charge in [0.05, 0.1) is 0 Å². The van der Waals surface area contributed by atoms with Crippen molar-refractivity contribution in [3.05, 3.63) is 29.7 Å². The quantitative estimate of drug-likeness (QED) is 0.821. The summed E-state index contributed by atoms with van der Waals surface area (Å²) >= 11 is 0. The zero-order chi connectivity index (χ0) is 12.8. The van der Waals surface area contributed by atoms with E-state index in [-0.39, 0.29) is 16.6 Å². The molecule has 0 amide bonds. The first kappa shape index (κ1) is 11.9. The third-order valence-electron chi connectivity index (χ3n) is 2.17. The minimum absolute atomic E-state index is 0.163. The van der Waals surface area contributed by atoms with E-state index in [2.05, 4.69) is 4.98 Å². The second-order valence-corrected chi connectivity index (χ2v) is 5.83. The van der Waals surface area contributed by atoms with Crippen LogP contribution >= 0.6 is 10.7 Å². The van der Waals surface area contributed by atoms with Gasteiger partial charge in [-0.1, -0.05) is 0 Å². The highest BCUT2D eigenvalue weighted by molar-refractivity contribution is 8.13. The number of aromatic nitrogens is 1. The third kappa shape index (κ3) is 2.11. The molecule has 17 heavy (non-hydrogen) atoms. The van der Waals surface area contributed by atoms with Gasteiger partial charge >= 0.3 is 5.97 Å². The van der Waals surface area contributed by atoms with Crippen LogP contribution in [0.25, 0.3) is 10.9 Å². The summed E-state index contributed by atoms with van der Waals surface area (Å²) in [4.78, 5) is 12.4. The SMILES string of the molecule is O=C(O)c1cc2cc(F)c(S(=O)(=O)Cl)cc2[nH]1. The van der Waals surface area contributed by atoms with Gasteiger partial charge in [-0.25, -0.2) is 17.6 Å². The van der Waals surface area contributed by atoms with Crippen molar-refractivity contribution in [3.8, 4) is 0 Å². The van der Waals surface area contributed by atoms with Crippen molar-refractivity contribution in [2.75, 3.05) is 0 Å². The van der Waals surface area contributed by atoms with Crippen molar-refractivity contribution in [1.29, 1.82) is 0 Å². The van der Waals surface area contributed by atoms with E-state index in [9.17, 15) is 17.6 Å². The van der Waals surface area contributed by atoms with Gasteiger partial charge in [-0.3, -0.25) is 0 Å². The van der Waals surface area contributed by atoms with Gasteiger partial charge < -0.3 is 10.1 Å². The number of H-pyrrole nitrogens is 1. The van der Waals surface area contributed by atoms with Gasteiger partial charge in [0.1, 0.15) is 16.4 Å². The Morgan fingerprint density at radius 1 is 1.35 bits per heavy atom. The van der Waals surface area contributed by atoms with Crippen LogP contribution in [0.4, 0.5) is 4.39 Å². The number of hydrogen-bond donors (Lipinski definition) is 2. The lowest BCUT2D eigenvalue weighted by atomic mass is 10.2. The van der Waals surface area contributed by atoms with Gasteiger partial charge in [-0.05, 0) is 18.2 Å². The average Bonchev–Trinajstić information content (AvgIpc) is 2.57. The Balaban J connectivity index is 2.77. The molecule has 0 fully saturated rings. The fourth-order valence-electron chi connectivity index (χ4n) is 1.44. The number of benzene rings is 1. The smallest absolute Gasteiger partial charge is 0.352 e. The Labute approximate surface area is 99.2 Å². The number of carboxylic acid groups (broad SMARTS) is 1. The predicted molar refractivity (Wildman–Crippen MR) is 58.3 cm³/mol. The van der Waals surface area contributed by atoms with Crippen LogP contribution in [0, 0.1) is 5.82 Å². The molecule has 90 valence electrons. The number of nitrogens with one attached hydrogen (secondary N) is 1. The van der Waals surface area contributed by atoms with E-state index >= 15 is 0 Å². The van der Waals surface area contributed by atoms with E-state index in [4.69, 9.17) is 15.8 Å². The Kier molecular flexibility index (Phi) is 2.59. The molecular formula is C9H5ClFNO4S. The molecule has 0 aliphatic rings. The van der Waals surface area contributed by atoms with E-state index < -0.39 is 25.7 Å². The number of hydrogen-bond acceptors (Lipinski definition) is 3. The van der Waals surface area contributed by atoms with Gasteiger partial charge in [0.15, 0.2) is 0 Å². The summed E-state index contributed by atoms with van der Waals surface area (Å²) < 4.78 is 35.5. The van der Waals surface area contributed by atoms with Gasteiger partial charge in [-0.2, -0.15) is 0 Å². The van der Waals surface area contributed by atoms with E-state index in [1.54, 1.807) is 0 Å². The molecule has 1 heterocycles. The van der Waals surface area contributed by atoms with Gasteiger partial charge in [0.25, 0.3) is 9.05 Å². The van der Waals surface area contributed by atoms with Crippen molar-refractivity contribution in [3.63, 3.8) is 0 Å². The summed E-state index contributed by atoms with van der Waals surface area (Å²) in [5, 5.41) is 8.97. The Morgan fingerprint density at radius 2 is 2.00 bits per heavy atom. The topological polar surface area (TPSA) is 87.2 Å². The molecule has 0 aliphatic carbocycles. The molecule has 0 atom stereocenters. The number of halogens is 2. The van der Waals surface area contributed by atoms with Crippen LogP contribution in [-0.4, -0.2) is 24.5 Å². The van der Waals surface area contributed by atoms with Crippen molar-refractivity contribution in [2.45, 2.75) is 4.90 Å². The predicted octanol–water partition coefficient (Wildman–Crippen LogP) is 1.93. The van der Waals surface area contributed by atoms with Crippen LogP contribution in [-0.2, 0) is 9.05 Å². The largest absolute Gasteiger partial charge is 0.477 e. The highest BCUT2D eigenvalue weighted by atomic mass is 35.7. The first-order chi connectivity index (χ1) is 7.79. The first-order valence-electron chi connectivity index (χ1n) is 4.29. The lowest BCUT2D eigenvalue weighted by Crippen LogP contribution is -1.96. The Morgan fingerprint density at radius 3 is 2.53 bits per heavy atom. The van der Waals surface area contributed by atoms with Gasteiger partial charge in [0, 0.05) is 21.6 Å². The Hall–Kier alpha value is -1.60. The summed E-state index contributed by atoms with van der Waals surface area (Å²) in [6.07, 6.45) is 0. The maximum absolute atomic E-state index is 13.4. The number of carboxylic acids is 1. The van der Waals surface area contributed by atoms with E-state index in [0.29, 0.717) is 0 Å². The standard InChI is InChI=1S/C9H5ClFNO4S/c10-17(15,16)8-3-6-4(1-5(8)11)2-7(12-6)9(13)14/h1-3,12H,(H,13,14). The van der Waals surface area contributed by atoms with Crippen LogP contribution in [0.5, 0.6) is 0 Å². The van der Waals surface area contributed by atoms with Crippen LogP contribution in [0.2, 0.25) is 0 Å². The summed E-state index contributed by atoms with van der Waals surface area (Å²) in [5.74, 6) is -2.25. The maximum Gasteiger partial charge on any atom is 0.352 e. The average molecular weight is 278 g/mol. The second-order valence-electron chi connectivity index (χ2n) is 3.30.